The average Bonchev–Trinajstić information content (AvgIpc) is 2.86. The Morgan fingerprint density at radius 3 is 2.00 bits per heavy atom. The van der Waals surface area contributed by atoms with Crippen molar-refractivity contribution in [2.45, 2.75) is 44.8 Å². The molecule has 3 aromatic rings. The standard InChI is InChI=1S/C28H33N3O3/c1-21(27(33)30-20-24-10-6-3-7-11-24)31-28(34)26(17-14-22-8-4-2-5-9-22)29-19-18-23-12-15-25(32)16-13-23/h2-13,15-16,21,26,29,32H,14,17-20H2,1H3,(H,30,33)(H,31,34)/t21-,26+/m0/s1. The van der Waals surface area contributed by atoms with Gasteiger partial charge in [0.1, 0.15) is 11.8 Å². The maximum Gasteiger partial charge on any atom is 0.242 e. The molecule has 0 heterocycles. The number of carbonyl (C=O) groups excluding carboxylic acids is 2. The van der Waals surface area contributed by atoms with Crippen molar-refractivity contribution >= 4 is 11.8 Å². The lowest BCUT2D eigenvalue weighted by Crippen LogP contribution is -2.52. The van der Waals surface area contributed by atoms with Crippen molar-refractivity contribution in [1.82, 2.24) is 16.0 Å². The molecule has 0 unspecified atom stereocenters. The van der Waals surface area contributed by atoms with E-state index in [9.17, 15) is 14.7 Å². The number of phenolic OH excluding ortho intramolecular Hbond substituents is 1. The molecule has 0 radical (unpaired) electrons. The van der Waals surface area contributed by atoms with Gasteiger partial charge in [0.2, 0.25) is 11.8 Å². The first-order valence-electron chi connectivity index (χ1n) is 11.7. The molecule has 2 amide bonds. The van der Waals surface area contributed by atoms with Gasteiger partial charge in [0.05, 0.1) is 6.04 Å². The zero-order chi connectivity index (χ0) is 24.2. The molecule has 34 heavy (non-hydrogen) atoms. The molecule has 0 spiro atoms. The first-order chi connectivity index (χ1) is 16.5. The van der Waals surface area contributed by atoms with Crippen LogP contribution >= 0.6 is 0 Å². The second-order valence-corrected chi connectivity index (χ2v) is 8.38. The molecule has 0 bridgehead atoms. The molecular formula is C28H33N3O3. The quantitative estimate of drug-likeness (QED) is 0.334. The Hall–Kier alpha value is -3.64. The summed E-state index contributed by atoms with van der Waals surface area (Å²) < 4.78 is 0. The van der Waals surface area contributed by atoms with Crippen LogP contribution < -0.4 is 16.0 Å². The minimum absolute atomic E-state index is 0.191. The van der Waals surface area contributed by atoms with E-state index in [2.05, 4.69) is 16.0 Å². The second-order valence-electron chi connectivity index (χ2n) is 8.38. The highest BCUT2D eigenvalue weighted by Gasteiger charge is 2.22. The number of carbonyl (C=O) groups is 2. The van der Waals surface area contributed by atoms with Crippen molar-refractivity contribution < 1.29 is 14.7 Å². The Morgan fingerprint density at radius 2 is 1.35 bits per heavy atom. The Morgan fingerprint density at radius 1 is 0.765 bits per heavy atom. The van der Waals surface area contributed by atoms with Gasteiger partial charge in [-0.15, -0.1) is 0 Å². The number of aromatic hydroxyl groups is 1. The van der Waals surface area contributed by atoms with Gasteiger partial charge in [-0.2, -0.15) is 0 Å². The summed E-state index contributed by atoms with van der Waals surface area (Å²) in [4.78, 5) is 25.6. The van der Waals surface area contributed by atoms with Gasteiger partial charge in [-0.1, -0.05) is 72.8 Å². The van der Waals surface area contributed by atoms with E-state index < -0.39 is 12.1 Å². The summed E-state index contributed by atoms with van der Waals surface area (Å²) >= 11 is 0. The fourth-order valence-electron chi connectivity index (χ4n) is 3.65. The zero-order valence-corrected chi connectivity index (χ0v) is 19.5. The second kappa shape index (κ2) is 13.2. The minimum atomic E-state index is -0.644. The Labute approximate surface area is 201 Å². The summed E-state index contributed by atoms with van der Waals surface area (Å²) in [6, 6.07) is 25.7. The summed E-state index contributed by atoms with van der Waals surface area (Å²) in [5, 5.41) is 18.5. The molecule has 0 fully saturated rings. The highest BCUT2D eigenvalue weighted by atomic mass is 16.3. The predicted molar refractivity (Wildman–Crippen MR) is 134 cm³/mol. The molecule has 3 rings (SSSR count). The fourth-order valence-corrected chi connectivity index (χ4v) is 3.65. The average molecular weight is 460 g/mol. The van der Waals surface area contributed by atoms with E-state index in [4.69, 9.17) is 0 Å². The smallest absolute Gasteiger partial charge is 0.242 e. The molecule has 6 nitrogen and oxygen atoms in total. The first kappa shape index (κ1) is 25.0. The fraction of sp³-hybridized carbons (Fsp3) is 0.286. The summed E-state index contributed by atoms with van der Waals surface area (Å²) in [6.45, 7) is 2.72. The predicted octanol–water partition coefficient (Wildman–Crippen LogP) is 3.35. The molecule has 2 atom stereocenters. The van der Waals surface area contributed by atoms with Gasteiger partial charge >= 0.3 is 0 Å². The van der Waals surface area contributed by atoms with Crippen molar-refractivity contribution in [2.75, 3.05) is 6.54 Å². The van der Waals surface area contributed by atoms with Crippen molar-refractivity contribution in [2.24, 2.45) is 0 Å². The maximum atomic E-state index is 13.1. The van der Waals surface area contributed by atoms with Crippen molar-refractivity contribution in [3.8, 4) is 5.75 Å². The van der Waals surface area contributed by atoms with E-state index >= 15 is 0 Å². The largest absolute Gasteiger partial charge is 0.508 e. The molecule has 3 aromatic carbocycles. The van der Waals surface area contributed by atoms with Gasteiger partial charge in [-0.3, -0.25) is 9.59 Å². The highest BCUT2D eigenvalue weighted by Crippen LogP contribution is 2.10. The molecule has 4 N–H and O–H groups in total. The summed E-state index contributed by atoms with van der Waals surface area (Å²) in [6.07, 6.45) is 2.09. The highest BCUT2D eigenvalue weighted by molar-refractivity contribution is 5.89. The Bertz CT molecular complexity index is 1020. The van der Waals surface area contributed by atoms with E-state index in [0.717, 1.165) is 29.5 Å². The summed E-state index contributed by atoms with van der Waals surface area (Å²) in [5.41, 5.74) is 3.24. The van der Waals surface area contributed by atoms with Crippen LogP contribution in [0, 0.1) is 0 Å². The Balaban J connectivity index is 1.54. The van der Waals surface area contributed by atoms with E-state index in [-0.39, 0.29) is 17.6 Å². The van der Waals surface area contributed by atoms with Crippen molar-refractivity contribution in [3.63, 3.8) is 0 Å². The first-order valence-corrected chi connectivity index (χ1v) is 11.7. The topological polar surface area (TPSA) is 90.5 Å². The Kier molecular flexibility index (Phi) is 9.67. The van der Waals surface area contributed by atoms with Crippen LogP contribution in [-0.2, 0) is 29.0 Å². The third-order valence-electron chi connectivity index (χ3n) is 5.68. The van der Waals surface area contributed by atoms with Gasteiger partial charge in [0, 0.05) is 6.54 Å². The molecular weight excluding hydrogens is 426 g/mol. The lowest BCUT2D eigenvalue weighted by atomic mass is 10.0. The number of benzene rings is 3. The lowest BCUT2D eigenvalue weighted by Gasteiger charge is -2.21. The van der Waals surface area contributed by atoms with Crippen LogP contribution in [0.25, 0.3) is 0 Å². The number of hydrogen-bond acceptors (Lipinski definition) is 4. The number of hydrogen-bond donors (Lipinski definition) is 4. The maximum absolute atomic E-state index is 13.1. The van der Waals surface area contributed by atoms with Crippen LogP contribution in [0.2, 0.25) is 0 Å². The van der Waals surface area contributed by atoms with Crippen LogP contribution in [0.3, 0.4) is 0 Å². The molecule has 0 aliphatic carbocycles. The molecule has 0 aliphatic heterocycles. The van der Waals surface area contributed by atoms with E-state index in [1.807, 2.05) is 72.8 Å². The number of nitrogens with one attached hydrogen (secondary N) is 3. The molecule has 0 aliphatic rings. The van der Waals surface area contributed by atoms with E-state index in [0.29, 0.717) is 19.5 Å². The van der Waals surface area contributed by atoms with Crippen LogP contribution in [-0.4, -0.2) is 35.5 Å². The SMILES string of the molecule is C[C@H](NC(=O)[C@@H](CCc1ccccc1)NCCc1ccc(O)cc1)C(=O)NCc1ccccc1. The molecule has 0 saturated heterocycles. The van der Waals surface area contributed by atoms with Crippen molar-refractivity contribution in [1.29, 1.82) is 0 Å². The number of aryl methyl sites for hydroxylation is 1. The van der Waals surface area contributed by atoms with Crippen LogP contribution in [0.5, 0.6) is 5.75 Å². The van der Waals surface area contributed by atoms with Crippen LogP contribution in [0.4, 0.5) is 0 Å². The molecule has 0 aromatic heterocycles. The summed E-state index contributed by atoms with van der Waals surface area (Å²) in [5.74, 6) is -0.177. The zero-order valence-electron chi connectivity index (χ0n) is 19.5. The van der Waals surface area contributed by atoms with Gasteiger partial charge < -0.3 is 21.1 Å². The van der Waals surface area contributed by atoms with Gasteiger partial charge in [0.25, 0.3) is 0 Å². The number of amides is 2. The monoisotopic (exact) mass is 459 g/mol. The summed E-state index contributed by atoms with van der Waals surface area (Å²) in [7, 11) is 0. The number of rotatable bonds is 12. The third kappa shape index (κ3) is 8.37. The van der Waals surface area contributed by atoms with Crippen LogP contribution in [0.15, 0.2) is 84.9 Å². The minimum Gasteiger partial charge on any atom is -0.508 e. The van der Waals surface area contributed by atoms with Gasteiger partial charge in [-0.05, 0) is 61.6 Å². The molecule has 178 valence electrons. The van der Waals surface area contributed by atoms with Crippen molar-refractivity contribution in [3.05, 3.63) is 102 Å². The number of phenols is 1. The molecule has 6 heteroatoms. The van der Waals surface area contributed by atoms with E-state index in [1.165, 1.54) is 0 Å². The normalized spacial score (nSPS) is 12.5. The van der Waals surface area contributed by atoms with E-state index in [1.54, 1.807) is 19.1 Å². The third-order valence-corrected chi connectivity index (χ3v) is 5.68. The molecule has 0 saturated carbocycles. The van der Waals surface area contributed by atoms with Gasteiger partial charge in [-0.25, -0.2) is 0 Å². The van der Waals surface area contributed by atoms with Crippen LogP contribution in [0.1, 0.15) is 30.0 Å². The van der Waals surface area contributed by atoms with Gasteiger partial charge in [0.15, 0.2) is 0 Å². The lowest BCUT2D eigenvalue weighted by molar-refractivity contribution is -0.129.